The minimum absolute atomic E-state index is 0.0558. The minimum atomic E-state index is 0.0558. The SMILES string of the molecule is Cc1ccc(-n2nccn2)c(C(=O)N2CC3CC(C2)CN(c2cnc4cccc(C)c4n2)C3)c1. The standard InChI is InChI=1S/C26H27N7O/c1-17-6-7-23(33-28-8-9-29-33)21(10-17)26(34)32-15-19-11-20(16-32)14-31(13-19)24-12-27-22-5-3-4-18(2)25(22)30-24/h3-10,12,19-20H,11,13-16H2,1-2H3. The van der Waals surface area contributed by atoms with Gasteiger partial charge < -0.3 is 9.80 Å². The highest BCUT2D eigenvalue weighted by molar-refractivity contribution is 5.98. The average molecular weight is 454 g/mol. The van der Waals surface area contributed by atoms with Gasteiger partial charge >= 0.3 is 0 Å². The molecule has 8 nitrogen and oxygen atoms in total. The van der Waals surface area contributed by atoms with E-state index in [1.54, 1.807) is 12.4 Å². The molecule has 2 bridgehead atoms. The number of fused-ring (bicyclic) bond motifs is 3. The first-order valence-corrected chi connectivity index (χ1v) is 11.8. The third-order valence-corrected chi connectivity index (χ3v) is 6.97. The fourth-order valence-corrected chi connectivity index (χ4v) is 5.46. The summed E-state index contributed by atoms with van der Waals surface area (Å²) in [5.41, 5.74) is 5.46. The molecular weight excluding hydrogens is 426 g/mol. The van der Waals surface area contributed by atoms with Crippen molar-refractivity contribution >= 4 is 22.8 Å². The van der Waals surface area contributed by atoms with Crippen LogP contribution in [0.1, 0.15) is 27.9 Å². The molecule has 0 saturated carbocycles. The van der Waals surface area contributed by atoms with Gasteiger partial charge in [-0.05, 0) is 55.9 Å². The number of anilines is 1. The summed E-state index contributed by atoms with van der Waals surface area (Å²) >= 11 is 0. The lowest BCUT2D eigenvalue weighted by Crippen LogP contribution is -2.54. The maximum Gasteiger partial charge on any atom is 0.256 e. The first-order chi connectivity index (χ1) is 16.5. The number of piperidine rings is 2. The average Bonchev–Trinajstić information content (AvgIpc) is 3.38. The van der Waals surface area contributed by atoms with Gasteiger partial charge in [-0.1, -0.05) is 23.8 Å². The predicted octanol–water partition coefficient (Wildman–Crippen LogP) is 3.43. The van der Waals surface area contributed by atoms with E-state index in [-0.39, 0.29) is 5.91 Å². The van der Waals surface area contributed by atoms with Gasteiger partial charge in [0.2, 0.25) is 0 Å². The Labute approximate surface area is 198 Å². The minimum Gasteiger partial charge on any atom is -0.355 e. The van der Waals surface area contributed by atoms with Crippen LogP contribution in [-0.4, -0.2) is 61.9 Å². The van der Waals surface area contributed by atoms with Crippen LogP contribution in [0.5, 0.6) is 0 Å². The van der Waals surface area contributed by atoms with Crippen LogP contribution in [0.3, 0.4) is 0 Å². The molecule has 2 aliphatic rings. The maximum atomic E-state index is 13.7. The summed E-state index contributed by atoms with van der Waals surface area (Å²) < 4.78 is 0. The second kappa shape index (κ2) is 8.20. The summed E-state index contributed by atoms with van der Waals surface area (Å²) in [5.74, 6) is 1.80. The van der Waals surface area contributed by atoms with Crippen LogP contribution in [0.2, 0.25) is 0 Å². The second-order valence-corrected chi connectivity index (χ2v) is 9.59. The quantitative estimate of drug-likeness (QED) is 0.473. The Morgan fingerprint density at radius 3 is 2.50 bits per heavy atom. The molecule has 1 amide bonds. The van der Waals surface area contributed by atoms with E-state index >= 15 is 0 Å². The van der Waals surface area contributed by atoms with Gasteiger partial charge in [-0.25, -0.2) is 4.98 Å². The zero-order valence-electron chi connectivity index (χ0n) is 19.4. The first-order valence-electron chi connectivity index (χ1n) is 11.8. The summed E-state index contributed by atoms with van der Waals surface area (Å²) in [7, 11) is 0. The van der Waals surface area contributed by atoms with Crippen LogP contribution >= 0.6 is 0 Å². The van der Waals surface area contributed by atoms with Gasteiger partial charge in [0, 0.05) is 26.2 Å². The number of hydrogen-bond acceptors (Lipinski definition) is 6. The molecule has 34 heavy (non-hydrogen) atoms. The maximum absolute atomic E-state index is 13.7. The number of para-hydroxylation sites is 1. The third-order valence-electron chi connectivity index (χ3n) is 6.97. The van der Waals surface area contributed by atoms with E-state index in [1.165, 1.54) is 4.80 Å². The van der Waals surface area contributed by atoms with Gasteiger partial charge in [-0.3, -0.25) is 9.78 Å². The van der Waals surface area contributed by atoms with Crippen LogP contribution in [-0.2, 0) is 0 Å². The smallest absolute Gasteiger partial charge is 0.256 e. The van der Waals surface area contributed by atoms with Gasteiger partial charge in [-0.15, -0.1) is 0 Å². The highest BCUT2D eigenvalue weighted by atomic mass is 16.2. The molecule has 6 rings (SSSR count). The fraction of sp³-hybridized carbons (Fsp3) is 0.346. The molecule has 2 saturated heterocycles. The lowest BCUT2D eigenvalue weighted by atomic mass is 9.84. The van der Waals surface area contributed by atoms with Gasteiger partial charge in [0.15, 0.2) is 0 Å². The molecule has 2 atom stereocenters. The number of aryl methyl sites for hydroxylation is 2. The molecule has 0 N–H and O–H groups in total. The van der Waals surface area contributed by atoms with E-state index in [4.69, 9.17) is 4.98 Å². The van der Waals surface area contributed by atoms with E-state index in [1.807, 2.05) is 48.4 Å². The molecule has 2 aromatic carbocycles. The van der Waals surface area contributed by atoms with Crippen molar-refractivity contribution in [1.29, 1.82) is 0 Å². The third kappa shape index (κ3) is 3.69. The van der Waals surface area contributed by atoms with Crippen molar-refractivity contribution < 1.29 is 4.79 Å². The van der Waals surface area contributed by atoms with E-state index in [9.17, 15) is 4.79 Å². The molecule has 2 aromatic heterocycles. The Morgan fingerprint density at radius 2 is 1.74 bits per heavy atom. The predicted molar refractivity (Wildman–Crippen MR) is 130 cm³/mol. The summed E-state index contributed by atoms with van der Waals surface area (Å²) in [6, 6.07) is 12.0. The number of aromatic nitrogens is 5. The van der Waals surface area contributed by atoms with Crippen molar-refractivity contribution in [3.8, 4) is 5.69 Å². The monoisotopic (exact) mass is 453 g/mol. The van der Waals surface area contributed by atoms with Crippen LogP contribution in [0.15, 0.2) is 55.0 Å². The molecule has 8 heteroatoms. The Hall–Kier alpha value is -3.81. The summed E-state index contributed by atoms with van der Waals surface area (Å²) in [5, 5.41) is 8.50. The van der Waals surface area contributed by atoms with Gasteiger partial charge in [0.05, 0.1) is 40.9 Å². The molecule has 2 fully saturated rings. The van der Waals surface area contributed by atoms with Crippen molar-refractivity contribution in [2.45, 2.75) is 20.3 Å². The zero-order valence-corrected chi connectivity index (χ0v) is 19.4. The molecule has 2 aliphatic heterocycles. The topological polar surface area (TPSA) is 80.0 Å². The number of benzene rings is 2. The van der Waals surface area contributed by atoms with Gasteiger partial charge in [-0.2, -0.15) is 15.0 Å². The van der Waals surface area contributed by atoms with E-state index < -0.39 is 0 Å². The van der Waals surface area contributed by atoms with Crippen molar-refractivity contribution in [3.05, 3.63) is 71.7 Å². The van der Waals surface area contributed by atoms with Crippen LogP contribution in [0.25, 0.3) is 16.7 Å². The second-order valence-electron chi connectivity index (χ2n) is 9.59. The summed E-state index contributed by atoms with van der Waals surface area (Å²) in [4.78, 5) is 29.2. The van der Waals surface area contributed by atoms with Crippen molar-refractivity contribution in [1.82, 2.24) is 29.9 Å². The number of carbonyl (C=O) groups excluding carboxylic acids is 1. The number of likely N-dealkylation sites (tertiary alicyclic amines) is 1. The highest BCUT2D eigenvalue weighted by Crippen LogP contribution is 2.32. The molecule has 4 aromatic rings. The van der Waals surface area contributed by atoms with Crippen molar-refractivity contribution in [2.24, 2.45) is 11.8 Å². The number of amides is 1. The summed E-state index contributed by atoms with van der Waals surface area (Å²) in [6.07, 6.45) is 6.29. The van der Waals surface area contributed by atoms with Crippen LogP contribution in [0.4, 0.5) is 5.82 Å². The van der Waals surface area contributed by atoms with Crippen molar-refractivity contribution in [2.75, 3.05) is 31.1 Å². The number of hydrogen-bond donors (Lipinski definition) is 0. The Balaban J connectivity index is 1.23. The Kier molecular flexibility index (Phi) is 5.01. The van der Waals surface area contributed by atoms with E-state index in [0.717, 1.165) is 66.3 Å². The largest absolute Gasteiger partial charge is 0.355 e. The lowest BCUT2D eigenvalue weighted by Gasteiger charge is -2.46. The molecule has 4 heterocycles. The number of nitrogens with zero attached hydrogens (tertiary/aromatic N) is 7. The normalized spacial score (nSPS) is 20.1. The van der Waals surface area contributed by atoms with E-state index in [2.05, 4.69) is 33.1 Å². The van der Waals surface area contributed by atoms with E-state index in [0.29, 0.717) is 17.4 Å². The first kappa shape index (κ1) is 20.8. The molecular formula is C26H27N7O. The fourth-order valence-electron chi connectivity index (χ4n) is 5.46. The Bertz CT molecular complexity index is 1350. The molecule has 0 radical (unpaired) electrons. The molecule has 0 aliphatic carbocycles. The summed E-state index contributed by atoms with van der Waals surface area (Å²) in [6.45, 7) is 7.33. The van der Waals surface area contributed by atoms with Crippen molar-refractivity contribution in [3.63, 3.8) is 0 Å². The number of carbonyl (C=O) groups is 1. The van der Waals surface area contributed by atoms with Gasteiger partial charge in [0.1, 0.15) is 5.82 Å². The van der Waals surface area contributed by atoms with Crippen LogP contribution in [0, 0.1) is 25.7 Å². The zero-order chi connectivity index (χ0) is 23.2. The number of rotatable bonds is 3. The lowest BCUT2D eigenvalue weighted by molar-refractivity contribution is 0.0564. The van der Waals surface area contributed by atoms with Gasteiger partial charge in [0.25, 0.3) is 5.91 Å². The molecule has 0 spiro atoms. The highest BCUT2D eigenvalue weighted by Gasteiger charge is 2.37. The van der Waals surface area contributed by atoms with Crippen LogP contribution < -0.4 is 4.90 Å². The Morgan fingerprint density at radius 1 is 0.971 bits per heavy atom. The molecule has 2 unspecified atom stereocenters. The molecule has 172 valence electrons.